The quantitative estimate of drug-likeness (QED) is 0.0650. The highest BCUT2D eigenvalue weighted by Crippen LogP contribution is 2.54. The lowest BCUT2D eigenvalue weighted by molar-refractivity contribution is -0.420. The van der Waals surface area contributed by atoms with E-state index < -0.39 is 103 Å². The second-order valence-corrected chi connectivity index (χ2v) is 10.3. The second-order valence-electron chi connectivity index (χ2n) is 9.47. The molecular formula is C22H24BrFN4O16. The summed E-state index contributed by atoms with van der Waals surface area (Å²) in [6.45, 7) is -0.686. The van der Waals surface area contributed by atoms with Gasteiger partial charge in [-0.2, -0.15) is 4.98 Å². The lowest BCUT2D eigenvalue weighted by Gasteiger charge is -2.40. The number of rotatable bonds is 8. The number of aliphatic hydroxyl groups is 8. The van der Waals surface area contributed by atoms with Gasteiger partial charge in [-0.1, -0.05) is 0 Å². The molecule has 1 fully saturated rings. The van der Waals surface area contributed by atoms with Crippen LogP contribution in [-0.4, -0.2) is 113 Å². The molecule has 242 valence electrons. The Labute approximate surface area is 250 Å². The third-order valence-electron chi connectivity index (χ3n) is 6.53. The number of aromatic nitrogens is 2. The van der Waals surface area contributed by atoms with E-state index >= 15 is 0 Å². The van der Waals surface area contributed by atoms with Crippen molar-refractivity contribution in [3.63, 3.8) is 0 Å². The average molecular weight is 699 g/mol. The van der Waals surface area contributed by atoms with Crippen LogP contribution in [0, 0.1) is 11.7 Å². The maximum atomic E-state index is 14.8. The number of halogens is 2. The van der Waals surface area contributed by atoms with Crippen LogP contribution < -0.4 is 20.5 Å². The minimum Gasteiger partial charge on any atom is -0.504 e. The van der Waals surface area contributed by atoms with E-state index in [1.54, 1.807) is 0 Å². The first-order chi connectivity index (χ1) is 20.1. The van der Waals surface area contributed by atoms with E-state index in [-0.39, 0.29) is 25.9 Å². The van der Waals surface area contributed by atoms with E-state index in [0.717, 1.165) is 4.90 Å². The SMILES string of the molecule is O=c1nc(Nc2c(O)c(O)c(Br)c(O)c2F)c2c(O)c(OC(O)(O)O)c(OC(O)(O)C3CCN(C(O)(O)O)CC3)c(O)c2[nH]1. The fourth-order valence-corrected chi connectivity index (χ4v) is 4.78. The number of likely N-dealkylation sites (tertiary alicyclic amines) is 1. The first-order valence-corrected chi connectivity index (χ1v) is 12.8. The first-order valence-electron chi connectivity index (χ1n) is 12.0. The number of nitrogens with zero attached hydrogens (tertiary/aromatic N) is 2. The zero-order chi connectivity index (χ0) is 33.1. The number of aromatic hydroxyl groups is 5. The average Bonchev–Trinajstić information content (AvgIpc) is 2.92. The molecule has 0 amide bonds. The number of anilines is 2. The molecule has 0 aliphatic carbocycles. The van der Waals surface area contributed by atoms with Crippen molar-refractivity contribution in [2.24, 2.45) is 5.92 Å². The van der Waals surface area contributed by atoms with E-state index in [4.69, 9.17) is 4.74 Å². The molecule has 22 heteroatoms. The maximum Gasteiger partial charge on any atom is 0.453 e. The van der Waals surface area contributed by atoms with Gasteiger partial charge in [0.25, 0.3) is 0 Å². The largest absolute Gasteiger partial charge is 0.504 e. The molecule has 0 radical (unpaired) electrons. The van der Waals surface area contributed by atoms with Crippen LogP contribution in [0.4, 0.5) is 15.9 Å². The molecule has 20 nitrogen and oxygen atoms in total. The van der Waals surface area contributed by atoms with E-state index in [9.17, 15) is 75.6 Å². The van der Waals surface area contributed by atoms with Crippen molar-refractivity contribution >= 4 is 38.3 Å². The van der Waals surface area contributed by atoms with Crippen molar-refractivity contribution in [2.45, 2.75) is 31.1 Å². The Balaban J connectivity index is 1.88. The summed E-state index contributed by atoms with van der Waals surface area (Å²) < 4.78 is 23.6. The zero-order valence-corrected chi connectivity index (χ0v) is 23.2. The van der Waals surface area contributed by atoms with Crippen LogP contribution in [0.25, 0.3) is 10.9 Å². The minimum absolute atomic E-state index is 0.312. The van der Waals surface area contributed by atoms with Gasteiger partial charge in [-0.15, -0.1) is 0 Å². The molecule has 4 rings (SSSR count). The van der Waals surface area contributed by atoms with Crippen molar-refractivity contribution in [2.75, 3.05) is 18.4 Å². The minimum atomic E-state index is -4.15. The van der Waals surface area contributed by atoms with Gasteiger partial charge in [0, 0.05) is 13.1 Å². The van der Waals surface area contributed by atoms with Gasteiger partial charge in [0.15, 0.2) is 34.6 Å². The molecule has 44 heavy (non-hydrogen) atoms. The van der Waals surface area contributed by atoms with E-state index in [1.807, 2.05) is 10.3 Å². The van der Waals surface area contributed by atoms with Gasteiger partial charge in [-0.05, 0) is 28.8 Å². The molecule has 0 saturated carbocycles. The van der Waals surface area contributed by atoms with Gasteiger partial charge in [0.1, 0.15) is 21.5 Å². The van der Waals surface area contributed by atoms with Crippen LogP contribution in [0.2, 0.25) is 0 Å². The smallest absolute Gasteiger partial charge is 0.453 e. The fourth-order valence-electron chi connectivity index (χ4n) is 4.42. The molecular weight excluding hydrogens is 675 g/mol. The van der Waals surface area contributed by atoms with Crippen molar-refractivity contribution in [3.8, 4) is 40.2 Å². The van der Waals surface area contributed by atoms with Gasteiger partial charge < -0.3 is 86.2 Å². The summed E-state index contributed by atoms with van der Waals surface area (Å²) in [6.07, 6.45) is -8.01. The van der Waals surface area contributed by atoms with Gasteiger partial charge in [-0.3, -0.25) is 0 Å². The Morgan fingerprint density at radius 2 is 1.43 bits per heavy atom. The summed E-state index contributed by atoms with van der Waals surface area (Å²) in [5.41, 5.74) is -3.36. The number of piperidine rings is 1. The molecule has 1 aliphatic heterocycles. The van der Waals surface area contributed by atoms with Gasteiger partial charge >= 0.3 is 23.9 Å². The summed E-state index contributed by atoms with van der Waals surface area (Å²) in [6, 6.07) is 0. The standard InChI is InChI=1S/C22H24BrFN4O16/c23-7-12(30)8(24)10(14(32)13(7)31)25-18-6-9(26-19(34)27-18)15(33)17(16(11(6)29)44-22(40,41)42)43-20(35,36)5-1-3-28(4-2-5)21(37,38)39/h5,29-33,35-42H,1-4H2,(H2,25,26,27,34). The molecule has 0 bridgehead atoms. The number of aromatic amines is 1. The number of benzene rings is 2. The molecule has 3 aromatic rings. The number of phenols is 5. The van der Waals surface area contributed by atoms with E-state index in [2.05, 4.69) is 25.7 Å². The monoisotopic (exact) mass is 698 g/mol. The summed E-state index contributed by atoms with van der Waals surface area (Å²) in [5.74, 6) is -16.4. The third-order valence-corrected chi connectivity index (χ3v) is 7.28. The number of fused-ring (bicyclic) bond motifs is 1. The van der Waals surface area contributed by atoms with Crippen LogP contribution in [-0.2, 0) is 0 Å². The maximum absolute atomic E-state index is 14.8. The number of hydrogen-bond acceptors (Lipinski definition) is 19. The van der Waals surface area contributed by atoms with Crippen molar-refractivity contribution in [1.29, 1.82) is 0 Å². The Kier molecular flexibility index (Phi) is 8.37. The van der Waals surface area contributed by atoms with Gasteiger partial charge in [0.05, 0.1) is 11.3 Å². The highest BCUT2D eigenvalue weighted by molar-refractivity contribution is 9.10. The summed E-state index contributed by atoms with van der Waals surface area (Å²) in [4.78, 5) is 18.5. The fraction of sp³-hybridized carbons (Fsp3) is 0.364. The highest BCUT2D eigenvalue weighted by Gasteiger charge is 2.45. The van der Waals surface area contributed by atoms with E-state index in [0.29, 0.717) is 0 Å². The topological polar surface area (TPSA) is 342 Å². The van der Waals surface area contributed by atoms with Crippen molar-refractivity contribution < 1.29 is 80.2 Å². The number of hydrogen-bond donors (Lipinski definition) is 15. The Morgan fingerprint density at radius 3 is 1.98 bits per heavy atom. The van der Waals surface area contributed by atoms with Gasteiger partial charge in [-0.25, -0.2) is 14.1 Å². The number of H-pyrrole nitrogens is 1. The first kappa shape index (κ1) is 32.9. The van der Waals surface area contributed by atoms with Crippen LogP contribution in [0.1, 0.15) is 12.8 Å². The van der Waals surface area contributed by atoms with E-state index in [1.165, 1.54) is 0 Å². The van der Waals surface area contributed by atoms with Crippen LogP contribution in [0.15, 0.2) is 9.27 Å². The number of phenolic OH excluding ortho intramolecular Hbond substituents is 5. The Morgan fingerprint density at radius 1 is 0.864 bits per heavy atom. The van der Waals surface area contributed by atoms with Crippen LogP contribution in [0.5, 0.6) is 40.2 Å². The van der Waals surface area contributed by atoms with Crippen molar-refractivity contribution in [1.82, 2.24) is 14.9 Å². The molecule has 15 N–H and O–H groups in total. The number of ether oxygens (including phenoxy) is 2. The second kappa shape index (κ2) is 11.2. The summed E-state index contributed by atoms with van der Waals surface area (Å²) in [7, 11) is 0. The van der Waals surface area contributed by atoms with Crippen LogP contribution >= 0.6 is 15.9 Å². The predicted octanol–water partition coefficient (Wildman–Crippen LogP) is -2.62. The Hall–Kier alpha value is -3.97. The molecule has 1 aromatic heterocycles. The molecule has 0 spiro atoms. The normalized spacial score (nSPS) is 15.5. The molecule has 2 heterocycles. The Bertz CT molecular complexity index is 1630. The predicted molar refractivity (Wildman–Crippen MR) is 140 cm³/mol. The summed E-state index contributed by atoms with van der Waals surface area (Å²) >= 11 is 2.63. The lowest BCUT2D eigenvalue weighted by atomic mass is 9.94. The van der Waals surface area contributed by atoms with Crippen molar-refractivity contribution in [3.05, 3.63) is 20.8 Å². The lowest BCUT2D eigenvalue weighted by Crippen LogP contribution is -2.55. The molecule has 2 aromatic carbocycles. The molecule has 1 aliphatic rings. The summed E-state index contributed by atoms with van der Waals surface area (Å²) in [5, 5.41) is 131. The highest BCUT2D eigenvalue weighted by atomic mass is 79.9. The van der Waals surface area contributed by atoms with Gasteiger partial charge in [0.2, 0.25) is 11.5 Å². The molecule has 0 unspecified atom stereocenters. The molecule has 1 saturated heterocycles. The third kappa shape index (κ3) is 6.16. The molecule has 0 atom stereocenters. The number of nitrogens with one attached hydrogen (secondary N) is 2. The zero-order valence-electron chi connectivity index (χ0n) is 21.6. The van der Waals surface area contributed by atoms with Crippen LogP contribution in [0.3, 0.4) is 0 Å².